The minimum Gasteiger partial charge on any atom is -0.477 e. The first-order valence-corrected chi connectivity index (χ1v) is 5.81. The molecule has 0 saturated carbocycles. The second-order valence-electron chi connectivity index (χ2n) is 4.45. The van der Waals surface area contributed by atoms with Crippen molar-refractivity contribution in [3.63, 3.8) is 0 Å². The van der Waals surface area contributed by atoms with E-state index in [1.807, 2.05) is 26.0 Å². The highest BCUT2D eigenvalue weighted by molar-refractivity contribution is 6.36. The van der Waals surface area contributed by atoms with Crippen LogP contribution in [0, 0.1) is 13.8 Å². The Hall–Kier alpha value is -2.37. The summed E-state index contributed by atoms with van der Waals surface area (Å²) >= 11 is 0. The number of anilines is 1. The summed E-state index contributed by atoms with van der Waals surface area (Å²) in [6.07, 6.45) is -0.904. The molecule has 1 aromatic rings. The average molecular weight is 262 g/mol. The van der Waals surface area contributed by atoms with Gasteiger partial charge in [-0.15, -0.1) is 0 Å². The van der Waals surface area contributed by atoms with Crippen molar-refractivity contribution in [3.05, 3.63) is 29.3 Å². The SMILES string of the molecule is Cc1ccc(NC(=O)C2CC(C(=O)O)=NO2)c(C)c1. The predicted molar refractivity (Wildman–Crippen MR) is 69.1 cm³/mol. The van der Waals surface area contributed by atoms with E-state index in [1.54, 1.807) is 6.07 Å². The first-order chi connectivity index (χ1) is 8.97. The number of oxime groups is 1. The van der Waals surface area contributed by atoms with Crippen LogP contribution in [0.3, 0.4) is 0 Å². The summed E-state index contributed by atoms with van der Waals surface area (Å²) in [6, 6.07) is 5.64. The van der Waals surface area contributed by atoms with Crippen molar-refractivity contribution in [2.45, 2.75) is 26.4 Å². The zero-order chi connectivity index (χ0) is 14.0. The molecule has 0 aromatic heterocycles. The standard InChI is InChI=1S/C13H14N2O4/c1-7-3-4-9(8(2)5-7)14-12(16)11-6-10(13(17)18)15-19-11/h3-5,11H,6H2,1-2H3,(H,14,16)(H,17,18). The van der Waals surface area contributed by atoms with Gasteiger partial charge in [0.1, 0.15) is 0 Å². The number of aryl methyl sites for hydroxylation is 2. The van der Waals surface area contributed by atoms with Gasteiger partial charge in [0.05, 0.1) is 0 Å². The van der Waals surface area contributed by atoms with Crippen LogP contribution < -0.4 is 5.32 Å². The predicted octanol–water partition coefficient (Wildman–Crippen LogP) is 1.47. The summed E-state index contributed by atoms with van der Waals surface area (Å²) in [5, 5.41) is 14.8. The summed E-state index contributed by atoms with van der Waals surface area (Å²) in [5.41, 5.74) is 2.58. The minimum atomic E-state index is -1.16. The number of nitrogens with one attached hydrogen (secondary N) is 1. The van der Waals surface area contributed by atoms with E-state index in [4.69, 9.17) is 9.94 Å². The molecule has 1 aromatic carbocycles. The molecule has 1 atom stereocenters. The number of benzene rings is 1. The number of carboxylic acid groups (broad SMARTS) is 1. The van der Waals surface area contributed by atoms with E-state index < -0.39 is 18.0 Å². The molecule has 1 heterocycles. The number of hydrogen-bond donors (Lipinski definition) is 2. The average Bonchev–Trinajstić information content (AvgIpc) is 2.82. The third-order valence-electron chi connectivity index (χ3n) is 2.85. The van der Waals surface area contributed by atoms with Crippen LogP contribution in [0.1, 0.15) is 17.5 Å². The maximum absolute atomic E-state index is 11.9. The molecule has 19 heavy (non-hydrogen) atoms. The van der Waals surface area contributed by atoms with Gasteiger partial charge in [-0.25, -0.2) is 4.79 Å². The lowest BCUT2D eigenvalue weighted by Crippen LogP contribution is -2.29. The van der Waals surface area contributed by atoms with Gasteiger partial charge in [-0.3, -0.25) is 4.79 Å². The van der Waals surface area contributed by atoms with E-state index in [0.29, 0.717) is 5.69 Å². The first-order valence-electron chi connectivity index (χ1n) is 5.81. The first kappa shape index (κ1) is 13.1. The molecule has 0 radical (unpaired) electrons. The van der Waals surface area contributed by atoms with Crippen LogP contribution in [0.15, 0.2) is 23.4 Å². The Morgan fingerprint density at radius 2 is 2.16 bits per heavy atom. The lowest BCUT2D eigenvalue weighted by Gasteiger charge is -2.11. The monoisotopic (exact) mass is 262 g/mol. The Bertz CT molecular complexity index is 566. The largest absolute Gasteiger partial charge is 0.477 e. The van der Waals surface area contributed by atoms with Crippen LogP contribution in [-0.2, 0) is 14.4 Å². The van der Waals surface area contributed by atoms with Gasteiger partial charge in [-0.05, 0) is 25.5 Å². The van der Waals surface area contributed by atoms with Crippen LogP contribution in [0.5, 0.6) is 0 Å². The second-order valence-corrected chi connectivity index (χ2v) is 4.45. The topological polar surface area (TPSA) is 88.0 Å². The number of carbonyl (C=O) groups is 2. The van der Waals surface area contributed by atoms with E-state index in [9.17, 15) is 9.59 Å². The summed E-state index contributed by atoms with van der Waals surface area (Å²) in [5.74, 6) is -1.56. The molecule has 2 rings (SSSR count). The highest BCUT2D eigenvalue weighted by atomic mass is 16.6. The van der Waals surface area contributed by atoms with Gasteiger partial charge in [-0.2, -0.15) is 0 Å². The van der Waals surface area contributed by atoms with Crippen molar-refractivity contribution in [1.29, 1.82) is 0 Å². The Labute approximate surface area is 110 Å². The maximum atomic E-state index is 11.9. The zero-order valence-corrected chi connectivity index (χ0v) is 10.6. The molecule has 0 saturated heterocycles. The Morgan fingerprint density at radius 3 is 2.74 bits per heavy atom. The third kappa shape index (κ3) is 2.90. The number of hydrogen-bond acceptors (Lipinski definition) is 4. The molecular formula is C13H14N2O4. The Kier molecular flexibility index (Phi) is 3.50. The van der Waals surface area contributed by atoms with E-state index in [1.165, 1.54) is 0 Å². The normalized spacial score (nSPS) is 17.6. The van der Waals surface area contributed by atoms with E-state index in [-0.39, 0.29) is 12.1 Å². The van der Waals surface area contributed by atoms with Crippen molar-refractivity contribution < 1.29 is 19.5 Å². The second kappa shape index (κ2) is 5.09. The molecule has 0 spiro atoms. The van der Waals surface area contributed by atoms with Crippen molar-refractivity contribution in [2.24, 2.45) is 5.16 Å². The summed E-state index contributed by atoms with van der Waals surface area (Å²) < 4.78 is 0. The molecule has 0 fully saturated rings. The van der Waals surface area contributed by atoms with Gasteiger partial charge >= 0.3 is 5.97 Å². The van der Waals surface area contributed by atoms with Crippen molar-refractivity contribution in [2.75, 3.05) is 5.32 Å². The fourth-order valence-electron chi connectivity index (χ4n) is 1.81. The number of rotatable bonds is 3. The summed E-state index contributed by atoms with van der Waals surface area (Å²) in [6.45, 7) is 3.85. The van der Waals surface area contributed by atoms with Crippen LogP contribution in [0.25, 0.3) is 0 Å². The van der Waals surface area contributed by atoms with Crippen LogP contribution in [0.2, 0.25) is 0 Å². The molecule has 100 valence electrons. The zero-order valence-electron chi connectivity index (χ0n) is 10.6. The molecule has 1 unspecified atom stereocenters. The Morgan fingerprint density at radius 1 is 1.42 bits per heavy atom. The molecule has 2 N–H and O–H groups in total. The molecule has 6 heteroatoms. The minimum absolute atomic E-state index is 0.0218. The van der Waals surface area contributed by atoms with E-state index in [0.717, 1.165) is 11.1 Å². The van der Waals surface area contributed by atoms with Gasteiger partial charge in [0.15, 0.2) is 5.71 Å². The van der Waals surface area contributed by atoms with Crippen LogP contribution in [-0.4, -0.2) is 28.8 Å². The number of aliphatic carboxylic acids is 1. The lowest BCUT2D eigenvalue weighted by molar-refractivity contribution is -0.129. The molecule has 1 amide bonds. The van der Waals surface area contributed by atoms with E-state index >= 15 is 0 Å². The van der Waals surface area contributed by atoms with Crippen LogP contribution in [0.4, 0.5) is 5.69 Å². The molecule has 1 aliphatic heterocycles. The summed E-state index contributed by atoms with van der Waals surface area (Å²) in [4.78, 5) is 27.4. The van der Waals surface area contributed by atoms with Gasteiger partial charge in [0, 0.05) is 12.1 Å². The van der Waals surface area contributed by atoms with Gasteiger partial charge < -0.3 is 15.3 Å². The van der Waals surface area contributed by atoms with Crippen molar-refractivity contribution in [1.82, 2.24) is 0 Å². The highest BCUT2D eigenvalue weighted by Gasteiger charge is 2.31. The fourth-order valence-corrected chi connectivity index (χ4v) is 1.81. The number of nitrogens with zero attached hydrogens (tertiary/aromatic N) is 1. The molecule has 0 aliphatic carbocycles. The van der Waals surface area contributed by atoms with E-state index in [2.05, 4.69) is 10.5 Å². The summed E-state index contributed by atoms with van der Waals surface area (Å²) in [7, 11) is 0. The molecular weight excluding hydrogens is 248 g/mol. The van der Waals surface area contributed by atoms with Crippen molar-refractivity contribution in [3.8, 4) is 0 Å². The van der Waals surface area contributed by atoms with Crippen molar-refractivity contribution >= 4 is 23.3 Å². The Balaban J connectivity index is 2.01. The molecule has 6 nitrogen and oxygen atoms in total. The quantitative estimate of drug-likeness (QED) is 0.863. The fraction of sp³-hybridized carbons (Fsp3) is 0.308. The molecule has 0 bridgehead atoms. The van der Waals surface area contributed by atoms with Gasteiger partial charge in [0.2, 0.25) is 6.10 Å². The number of carboxylic acids is 1. The van der Waals surface area contributed by atoms with Crippen LogP contribution >= 0.6 is 0 Å². The highest BCUT2D eigenvalue weighted by Crippen LogP contribution is 2.18. The van der Waals surface area contributed by atoms with Gasteiger partial charge in [-0.1, -0.05) is 22.9 Å². The lowest BCUT2D eigenvalue weighted by atomic mass is 10.1. The smallest absolute Gasteiger partial charge is 0.353 e. The third-order valence-corrected chi connectivity index (χ3v) is 2.85. The number of amides is 1. The number of carbonyl (C=O) groups excluding carboxylic acids is 1. The molecule has 1 aliphatic rings. The maximum Gasteiger partial charge on any atom is 0.353 e. The van der Waals surface area contributed by atoms with Gasteiger partial charge in [0.25, 0.3) is 5.91 Å².